The number of aliphatic hydroxyl groups excluding tert-OH is 2. The average molecular weight is 431 g/mol. The lowest BCUT2D eigenvalue weighted by molar-refractivity contribution is -0.114. The van der Waals surface area contributed by atoms with Crippen LogP contribution >= 0.6 is 11.6 Å². The van der Waals surface area contributed by atoms with Crippen molar-refractivity contribution in [3.63, 3.8) is 0 Å². The molecule has 4 nitrogen and oxygen atoms in total. The number of hydrogen-bond donors (Lipinski definition) is 2. The first kappa shape index (κ1) is 23.0. The number of aryl methyl sites for hydroxylation is 1. The van der Waals surface area contributed by atoms with Gasteiger partial charge in [0.05, 0.1) is 38.1 Å². The van der Waals surface area contributed by atoms with Gasteiger partial charge in [0.1, 0.15) is 0 Å². The number of halogens is 1. The van der Waals surface area contributed by atoms with E-state index in [9.17, 15) is 10.2 Å². The minimum Gasteiger partial charge on any atom is -0.394 e. The summed E-state index contributed by atoms with van der Waals surface area (Å²) in [4.78, 5) is 0. The van der Waals surface area contributed by atoms with E-state index in [4.69, 9.17) is 21.1 Å². The molecule has 2 N–H and O–H groups in total. The zero-order chi connectivity index (χ0) is 21.5. The summed E-state index contributed by atoms with van der Waals surface area (Å²) < 4.78 is 11.8. The van der Waals surface area contributed by atoms with Crippen LogP contribution in [-0.4, -0.2) is 35.6 Å². The van der Waals surface area contributed by atoms with Crippen molar-refractivity contribution in [2.75, 3.05) is 13.2 Å². The summed E-state index contributed by atoms with van der Waals surface area (Å²) in [6.07, 6.45) is 3.16. The van der Waals surface area contributed by atoms with Crippen molar-refractivity contribution in [1.82, 2.24) is 0 Å². The molecule has 2 aromatic carbocycles. The van der Waals surface area contributed by atoms with Crippen LogP contribution in [0.4, 0.5) is 0 Å². The van der Waals surface area contributed by atoms with E-state index >= 15 is 0 Å². The molecule has 0 aliphatic carbocycles. The van der Waals surface area contributed by atoms with Crippen molar-refractivity contribution in [3.8, 4) is 0 Å². The largest absolute Gasteiger partial charge is 0.394 e. The molecule has 1 aliphatic rings. The maximum atomic E-state index is 10.3. The van der Waals surface area contributed by atoms with E-state index in [-0.39, 0.29) is 18.8 Å². The number of ether oxygens (including phenoxy) is 2. The van der Waals surface area contributed by atoms with E-state index in [1.54, 1.807) is 6.08 Å². The third kappa shape index (κ3) is 5.93. The van der Waals surface area contributed by atoms with Crippen LogP contribution in [0.1, 0.15) is 53.7 Å². The van der Waals surface area contributed by atoms with Gasteiger partial charge >= 0.3 is 0 Å². The Kier molecular flexibility index (Phi) is 8.49. The second-order valence-electron chi connectivity index (χ2n) is 7.85. The Labute approximate surface area is 184 Å². The summed E-state index contributed by atoms with van der Waals surface area (Å²) in [7, 11) is 0. The minimum absolute atomic E-state index is 0.111. The summed E-state index contributed by atoms with van der Waals surface area (Å²) in [5.41, 5.74) is 5.39. The highest BCUT2D eigenvalue weighted by Crippen LogP contribution is 2.36. The van der Waals surface area contributed by atoms with Gasteiger partial charge in [0.2, 0.25) is 0 Å². The highest BCUT2D eigenvalue weighted by atomic mass is 35.5. The molecule has 162 valence electrons. The molecule has 3 unspecified atom stereocenters. The summed E-state index contributed by atoms with van der Waals surface area (Å²) in [5, 5.41) is 20.5. The van der Waals surface area contributed by atoms with E-state index in [1.165, 1.54) is 11.1 Å². The van der Waals surface area contributed by atoms with Gasteiger partial charge in [-0.3, -0.25) is 0 Å². The van der Waals surface area contributed by atoms with E-state index in [2.05, 4.69) is 43.8 Å². The van der Waals surface area contributed by atoms with Gasteiger partial charge in [-0.2, -0.15) is 0 Å². The molecule has 0 aromatic heterocycles. The minimum atomic E-state index is -0.511. The zero-order valence-electron chi connectivity index (χ0n) is 17.5. The highest BCUT2D eigenvalue weighted by molar-refractivity contribution is 6.31. The fourth-order valence-corrected chi connectivity index (χ4v) is 4.16. The maximum absolute atomic E-state index is 10.3. The first-order valence-electron chi connectivity index (χ1n) is 10.6. The van der Waals surface area contributed by atoms with Crippen LogP contribution < -0.4 is 0 Å². The first-order valence-corrected chi connectivity index (χ1v) is 10.9. The van der Waals surface area contributed by atoms with Crippen LogP contribution in [-0.2, 0) is 28.9 Å². The molecule has 0 radical (unpaired) electrons. The van der Waals surface area contributed by atoms with E-state index in [0.29, 0.717) is 37.5 Å². The van der Waals surface area contributed by atoms with Gasteiger partial charge in [-0.15, -0.1) is 6.58 Å². The Bertz CT molecular complexity index is 834. The molecule has 0 amide bonds. The van der Waals surface area contributed by atoms with Gasteiger partial charge in [0, 0.05) is 17.9 Å². The molecule has 0 saturated carbocycles. The Morgan fingerprint density at radius 1 is 1.17 bits per heavy atom. The predicted octanol–water partition coefficient (Wildman–Crippen LogP) is 4.77. The van der Waals surface area contributed by atoms with Gasteiger partial charge in [0.25, 0.3) is 0 Å². The molecule has 2 aromatic rings. The molecule has 3 atom stereocenters. The molecule has 1 aliphatic heterocycles. The second-order valence-corrected chi connectivity index (χ2v) is 8.25. The summed E-state index contributed by atoms with van der Waals surface area (Å²) in [6.45, 7) is 6.54. The van der Waals surface area contributed by atoms with Gasteiger partial charge in [-0.1, -0.05) is 54.9 Å². The Balaban J connectivity index is 1.91. The van der Waals surface area contributed by atoms with Crippen LogP contribution in [0.3, 0.4) is 0 Å². The number of rotatable bonds is 9. The molecule has 5 heteroatoms. The lowest BCUT2D eigenvalue weighted by Crippen LogP contribution is -2.34. The van der Waals surface area contributed by atoms with Crippen molar-refractivity contribution in [1.29, 1.82) is 0 Å². The molecule has 30 heavy (non-hydrogen) atoms. The van der Waals surface area contributed by atoms with Crippen molar-refractivity contribution >= 4 is 11.6 Å². The summed E-state index contributed by atoms with van der Waals surface area (Å²) >= 11 is 6.64. The van der Waals surface area contributed by atoms with Crippen LogP contribution in [0.25, 0.3) is 0 Å². The van der Waals surface area contributed by atoms with Crippen LogP contribution in [0.15, 0.2) is 49.1 Å². The second kappa shape index (κ2) is 11.1. The van der Waals surface area contributed by atoms with Crippen molar-refractivity contribution in [2.24, 2.45) is 0 Å². The molecule has 3 rings (SSSR count). The van der Waals surface area contributed by atoms with Gasteiger partial charge in [-0.05, 0) is 46.7 Å². The Morgan fingerprint density at radius 2 is 1.90 bits per heavy atom. The summed E-state index contributed by atoms with van der Waals surface area (Å²) in [6, 6.07) is 12.6. The molecule has 0 spiro atoms. The molecular weight excluding hydrogens is 400 g/mol. The lowest BCUT2D eigenvalue weighted by Gasteiger charge is -2.34. The lowest BCUT2D eigenvalue weighted by atomic mass is 9.90. The third-order valence-corrected chi connectivity index (χ3v) is 5.91. The number of aliphatic hydroxyl groups is 2. The van der Waals surface area contributed by atoms with Crippen LogP contribution in [0.2, 0.25) is 5.02 Å². The normalized spacial score (nSPS) is 21.5. The molecule has 0 bridgehead atoms. The third-order valence-electron chi connectivity index (χ3n) is 5.56. The molecule has 1 heterocycles. The number of benzene rings is 2. The van der Waals surface area contributed by atoms with Crippen LogP contribution in [0, 0.1) is 0 Å². The number of hydrogen-bond acceptors (Lipinski definition) is 4. The quantitative estimate of drug-likeness (QED) is 0.444. The topological polar surface area (TPSA) is 58.9 Å². The molecule has 1 fully saturated rings. The Hall–Kier alpha value is -1.69. The van der Waals surface area contributed by atoms with Crippen molar-refractivity contribution in [3.05, 3.63) is 81.9 Å². The van der Waals surface area contributed by atoms with E-state index in [1.807, 2.05) is 6.07 Å². The molecular formula is C25H31ClO4. The Morgan fingerprint density at radius 3 is 2.57 bits per heavy atom. The standard InChI is InChI=1S/C25H31ClO4/c1-3-9-29-16-20-12-24(26)19(10-18-7-5-17(4-2)6-8-18)11-23(20)25-14-21(28)13-22(15-27)30-25/h3,5-8,11-12,21-22,25,27-28H,1,4,9-10,13-16H2,2H3. The van der Waals surface area contributed by atoms with E-state index in [0.717, 1.165) is 23.1 Å². The maximum Gasteiger partial charge on any atom is 0.0858 e. The monoisotopic (exact) mass is 430 g/mol. The average Bonchev–Trinajstić information content (AvgIpc) is 2.75. The predicted molar refractivity (Wildman–Crippen MR) is 120 cm³/mol. The van der Waals surface area contributed by atoms with Gasteiger partial charge in [-0.25, -0.2) is 0 Å². The van der Waals surface area contributed by atoms with Gasteiger partial charge < -0.3 is 19.7 Å². The van der Waals surface area contributed by atoms with E-state index < -0.39 is 6.10 Å². The fourth-order valence-electron chi connectivity index (χ4n) is 3.91. The first-order chi connectivity index (χ1) is 14.5. The highest BCUT2D eigenvalue weighted by Gasteiger charge is 2.30. The fraction of sp³-hybridized carbons (Fsp3) is 0.440. The smallest absolute Gasteiger partial charge is 0.0858 e. The zero-order valence-corrected chi connectivity index (χ0v) is 18.3. The van der Waals surface area contributed by atoms with Crippen molar-refractivity contribution in [2.45, 2.75) is 57.5 Å². The van der Waals surface area contributed by atoms with Gasteiger partial charge in [0.15, 0.2) is 0 Å². The van der Waals surface area contributed by atoms with Crippen LogP contribution in [0.5, 0.6) is 0 Å². The molecule has 1 saturated heterocycles. The van der Waals surface area contributed by atoms with Crippen molar-refractivity contribution < 1.29 is 19.7 Å². The summed E-state index contributed by atoms with van der Waals surface area (Å²) in [5.74, 6) is 0. The SMILES string of the molecule is C=CCOCc1cc(Cl)c(Cc2ccc(CC)cc2)cc1C1CC(O)CC(CO)O1.